The molecule has 9 aromatic carbocycles. The van der Waals surface area contributed by atoms with Crippen LogP contribution in [-0.2, 0) is 0 Å². The van der Waals surface area contributed by atoms with Crippen LogP contribution in [0.15, 0.2) is 169 Å². The van der Waals surface area contributed by atoms with Crippen LogP contribution in [-0.4, -0.2) is 0 Å². The molecule has 0 aliphatic heterocycles. The van der Waals surface area contributed by atoms with Crippen LogP contribution in [0.4, 0.5) is 0 Å². The van der Waals surface area contributed by atoms with E-state index in [9.17, 15) is 11.0 Å². The molecule has 0 saturated heterocycles. The first-order valence-electron chi connectivity index (χ1n) is 26.2. The predicted octanol–water partition coefficient (Wildman–Crippen LogP) is 12.5. The molecule has 0 fully saturated rings. The maximum Gasteiger partial charge on any atom is 0.0636 e. The smallest absolute Gasteiger partial charge is 0.0616 e. The Morgan fingerprint density at radius 2 is 0.818 bits per heavy atom. The van der Waals surface area contributed by atoms with E-state index in [-0.39, 0.29) is 10.8 Å². The summed E-state index contributed by atoms with van der Waals surface area (Å²) < 4.78 is 232. The van der Waals surface area contributed by atoms with E-state index in [2.05, 4.69) is 0 Å². The lowest BCUT2D eigenvalue weighted by Crippen LogP contribution is -1.92. The van der Waals surface area contributed by atoms with Crippen molar-refractivity contribution in [1.82, 2.24) is 0 Å². The average molecular weight is 583 g/mol. The molecule has 0 amide bonds. The van der Waals surface area contributed by atoms with Gasteiger partial charge in [-0.15, -0.1) is 0 Å². The Hall–Kier alpha value is -5.72. The van der Waals surface area contributed by atoms with Crippen molar-refractivity contribution < 1.29 is 35.6 Å². The Bertz CT molecular complexity index is 3980. The molecule has 0 aliphatic rings. The van der Waals surface area contributed by atoms with Gasteiger partial charge in [0.25, 0.3) is 0 Å². The number of hydrogen-bond donors (Lipinski definition) is 0. The molecule has 0 saturated carbocycles. The highest BCUT2D eigenvalue weighted by Gasteiger charge is 2.18. The highest BCUT2D eigenvalue weighted by molar-refractivity contribution is 6.25. The molecule has 0 atom stereocenters. The summed E-state index contributed by atoms with van der Waals surface area (Å²) >= 11 is 0. The average Bonchev–Trinajstić information content (AvgIpc) is 3.32. The van der Waals surface area contributed by atoms with Crippen LogP contribution in [0.3, 0.4) is 0 Å². The third-order valence-corrected chi connectivity index (χ3v) is 7.28. The van der Waals surface area contributed by atoms with Gasteiger partial charge in [-0.1, -0.05) is 157 Å². The van der Waals surface area contributed by atoms with Crippen LogP contribution in [0.25, 0.3) is 87.2 Å². The standard InChI is InChI=1S/C44H28/c1-2-12-32-27-33(26-23-29(32)11-1)30-21-24-31(25-22-30)43-38-17-7-9-19-40(38)44(41-20-10-8-18-39(41)43)42-28-34-13-3-4-14-35(34)36-15-5-6-16-37(36)42/h1-28H/i1D,2D,3D,4D,5D,6D,7D,8D,9D,10D,11D,12D,13D,14D,15D,17D,19D,20D,21D,22D,23D,24D,25D,26D,27D,28D. The van der Waals surface area contributed by atoms with Gasteiger partial charge < -0.3 is 0 Å². The van der Waals surface area contributed by atoms with Crippen LogP contribution in [0.1, 0.15) is 35.6 Å². The quantitative estimate of drug-likeness (QED) is 0.144. The Labute approximate surface area is 293 Å². The van der Waals surface area contributed by atoms with E-state index in [1.807, 2.05) is 0 Å². The SMILES string of the molecule is [2H]c1cc2c(-c3c([2H])c([2H])c(-c4c([2H])c([2H])c5c([2H])c([2H])c([2H])c([2H])c5c4[2H])c([2H])c3[2H])c3c([2H])c([2H])c([2H])c([2H])c3c(-c3c([2H])c4c([2H])c([2H])c([2H])c([2H])c4c4c([2H])c([2H])c([2H])cc34)c2c([2H])c1[2H]. The molecule has 9 aromatic rings. The Morgan fingerprint density at radius 3 is 1.59 bits per heavy atom. The molecular formula is C44H28. The van der Waals surface area contributed by atoms with E-state index in [4.69, 9.17) is 24.7 Å². The largest absolute Gasteiger partial charge is 0.0636 e. The second-order valence-electron chi connectivity index (χ2n) is 9.65. The summed E-state index contributed by atoms with van der Waals surface area (Å²) in [5.74, 6) is 0. The molecule has 0 nitrogen and oxygen atoms in total. The van der Waals surface area contributed by atoms with Gasteiger partial charge in [-0.05, 0) is 99.3 Å². The van der Waals surface area contributed by atoms with Crippen molar-refractivity contribution >= 4 is 53.9 Å². The van der Waals surface area contributed by atoms with Gasteiger partial charge in [-0.2, -0.15) is 0 Å². The van der Waals surface area contributed by atoms with Crippen LogP contribution >= 0.6 is 0 Å². The normalized spacial score (nSPS) is 19.9. The first-order valence-corrected chi connectivity index (χ1v) is 13.2. The lowest BCUT2D eigenvalue weighted by atomic mass is 9.83. The van der Waals surface area contributed by atoms with Crippen LogP contribution in [0.5, 0.6) is 0 Å². The zero-order valence-corrected chi connectivity index (χ0v) is 22.2. The zero-order valence-electron chi connectivity index (χ0n) is 48.2. The Balaban J connectivity index is 1.56. The lowest BCUT2D eigenvalue weighted by Gasteiger charge is -2.19. The van der Waals surface area contributed by atoms with E-state index in [0.29, 0.717) is 0 Å². The van der Waals surface area contributed by atoms with Crippen LogP contribution in [0.2, 0.25) is 0 Å². The Kier molecular flexibility index (Phi) is 2.30. The summed E-state index contributed by atoms with van der Waals surface area (Å²) in [6.07, 6.45) is 0. The van der Waals surface area contributed by atoms with E-state index in [1.54, 1.807) is 0 Å². The third-order valence-electron chi connectivity index (χ3n) is 7.28. The molecule has 9 rings (SSSR count). The topological polar surface area (TPSA) is 0 Å². The second kappa shape index (κ2) is 9.93. The number of hydrogen-bond acceptors (Lipinski definition) is 0. The molecule has 204 valence electrons. The van der Waals surface area contributed by atoms with E-state index in [1.165, 1.54) is 0 Å². The minimum absolute atomic E-state index is 0.322. The zero-order chi connectivity index (χ0) is 51.7. The molecule has 0 bridgehead atoms. The highest BCUT2D eigenvalue weighted by atomic mass is 14.2. The van der Waals surface area contributed by atoms with E-state index < -0.39 is 234 Å². The summed E-state index contributed by atoms with van der Waals surface area (Å²) in [4.78, 5) is 0. The third kappa shape index (κ3) is 3.85. The monoisotopic (exact) mass is 582 g/mol. The summed E-state index contributed by atoms with van der Waals surface area (Å²) in [6.45, 7) is 0. The molecule has 0 aliphatic carbocycles. The van der Waals surface area contributed by atoms with Gasteiger partial charge in [0.2, 0.25) is 0 Å². The second-order valence-corrected chi connectivity index (χ2v) is 9.65. The summed E-state index contributed by atoms with van der Waals surface area (Å²) in [5, 5.41) is -4.85. The van der Waals surface area contributed by atoms with E-state index >= 15 is 0 Å². The maximum absolute atomic E-state index is 9.74. The van der Waals surface area contributed by atoms with Gasteiger partial charge in [0.05, 0.1) is 35.6 Å². The molecule has 0 N–H and O–H groups in total. The van der Waals surface area contributed by atoms with Crippen molar-refractivity contribution in [2.45, 2.75) is 0 Å². The molecule has 0 aromatic heterocycles. The van der Waals surface area contributed by atoms with Gasteiger partial charge >= 0.3 is 0 Å². The van der Waals surface area contributed by atoms with Crippen molar-refractivity contribution in [2.24, 2.45) is 0 Å². The van der Waals surface area contributed by atoms with Crippen LogP contribution < -0.4 is 0 Å². The lowest BCUT2D eigenvalue weighted by molar-refractivity contribution is 1.63. The minimum atomic E-state index is -1.00. The fraction of sp³-hybridized carbons (Fsp3) is 0. The van der Waals surface area contributed by atoms with Gasteiger partial charge in [0.15, 0.2) is 0 Å². The predicted molar refractivity (Wildman–Crippen MR) is 190 cm³/mol. The van der Waals surface area contributed by atoms with Crippen molar-refractivity contribution in [3.8, 4) is 33.4 Å². The van der Waals surface area contributed by atoms with Crippen molar-refractivity contribution in [3.63, 3.8) is 0 Å². The van der Waals surface area contributed by atoms with Gasteiger partial charge in [0.1, 0.15) is 0 Å². The number of rotatable bonds is 3. The summed E-state index contributed by atoms with van der Waals surface area (Å²) in [5.41, 5.74) is -3.79. The Morgan fingerprint density at radius 1 is 0.295 bits per heavy atom. The fourth-order valence-electron chi connectivity index (χ4n) is 5.39. The first-order chi connectivity index (χ1) is 32.6. The summed E-state index contributed by atoms with van der Waals surface area (Å²) in [7, 11) is 0. The molecule has 0 heterocycles. The molecule has 0 unspecified atom stereocenters. The maximum atomic E-state index is 9.74. The van der Waals surface area contributed by atoms with Gasteiger partial charge in [-0.25, -0.2) is 0 Å². The highest BCUT2D eigenvalue weighted by Crippen LogP contribution is 2.46. The van der Waals surface area contributed by atoms with Crippen molar-refractivity contribution in [1.29, 1.82) is 0 Å². The molecule has 0 heteroatoms. The van der Waals surface area contributed by atoms with Crippen molar-refractivity contribution in [3.05, 3.63) is 169 Å². The number of benzene rings is 9. The van der Waals surface area contributed by atoms with Crippen LogP contribution in [0, 0.1) is 0 Å². The molecular weight excluding hydrogens is 528 g/mol. The van der Waals surface area contributed by atoms with Gasteiger partial charge in [-0.3, -0.25) is 0 Å². The van der Waals surface area contributed by atoms with Gasteiger partial charge in [0, 0.05) is 0 Å². The number of fused-ring (bicyclic) bond motifs is 6. The summed E-state index contributed by atoms with van der Waals surface area (Å²) in [6, 6.07) is -19.6. The minimum Gasteiger partial charge on any atom is -0.0616 e. The van der Waals surface area contributed by atoms with Crippen molar-refractivity contribution in [2.75, 3.05) is 0 Å². The first kappa shape index (κ1) is 10.2. The molecule has 44 heavy (non-hydrogen) atoms. The molecule has 0 radical (unpaired) electrons. The molecule has 0 spiro atoms. The fourth-order valence-corrected chi connectivity index (χ4v) is 5.39. The van der Waals surface area contributed by atoms with E-state index in [0.717, 1.165) is 12.1 Å².